The van der Waals surface area contributed by atoms with Gasteiger partial charge in [-0.2, -0.15) is 18.3 Å². The maximum Gasteiger partial charge on any atom is 0.416 e. The van der Waals surface area contributed by atoms with Crippen molar-refractivity contribution in [1.29, 1.82) is 0 Å². The number of nitrogens with zero attached hydrogens (tertiary/aromatic N) is 5. The van der Waals surface area contributed by atoms with Gasteiger partial charge in [0.25, 0.3) is 11.8 Å². The first-order valence-electron chi connectivity index (χ1n) is 13.9. The Kier molecular flexibility index (Phi) is 7.13. The molecular weight excluding hydrogens is 583 g/mol. The van der Waals surface area contributed by atoms with Crippen molar-refractivity contribution < 1.29 is 26.7 Å². The van der Waals surface area contributed by atoms with Gasteiger partial charge in [-0.1, -0.05) is 6.07 Å². The summed E-state index contributed by atoms with van der Waals surface area (Å²) in [7, 11) is 0. The van der Waals surface area contributed by atoms with Crippen LogP contribution in [-0.2, 0) is 12.1 Å². The number of carbonyl (C=O) groups is 1. The molecule has 0 unspecified atom stereocenters. The lowest BCUT2D eigenvalue weighted by atomic mass is 9.97. The molecular formula is C31H27F5N6O2. The van der Waals surface area contributed by atoms with Crippen molar-refractivity contribution in [3.05, 3.63) is 100 Å². The van der Waals surface area contributed by atoms with Gasteiger partial charge in [-0.25, -0.2) is 18.3 Å². The van der Waals surface area contributed by atoms with Crippen molar-refractivity contribution in [2.45, 2.75) is 50.9 Å². The Morgan fingerprint density at radius 2 is 1.64 bits per heavy atom. The summed E-state index contributed by atoms with van der Waals surface area (Å²) in [5.41, 5.74) is 1.04. The molecule has 228 valence electrons. The van der Waals surface area contributed by atoms with Crippen molar-refractivity contribution in [3.8, 4) is 16.9 Å². The minimum atomic E-state index is -4.50. The smallest absolute Gasteiger partial charge is 0.334 e. The monoisotopic (exact) mass is 610 g/mol. The number of halogens is 5. The number of aromatic amines is 1. The zero-order chi connectivity index (χ0) is 31.4. The Labute approximate surface area is 247 Å². The predicted octanol–water partition coefficient (Wildman–Crippen LogP) is 6.57. The van der Waals surface area contributed by atoms with Gasteiger partial charge in [0.1, 0.15) is 0 Å². The van der Waals surface area contributed by atoms with E-state index in [0.29, 0.717) is 47.4 Å². The summed E-state index contributed by atoms with van der Waals surface area (Å²) in [5.74, 6) is -3.41. The van der Waals surface area contributed by atoms with Crippen LogP contribution in [0.2, 0.25) is 0 Å². The molecule has 0 bridgehead atoms. The molecule has 13 heteroatoms. The fourth-order valence-corrected chi connectivity index (χ4v) is 5.80. The summed E-state index contributed by atoms with van der Waals surface area (Å²) in [6, 6.07) is 13.1. The van der Waals surface area contributed by atoms with Gasteiger partial charge >= 0.3 is 11.9 Å². The largest absolute Gasteiger partial charge is 0.416 e. The van der Waals surface area contributed by atoms with E-state index in [1.807, 2.05) is 6.92 Å². The van der Waals surface area contributed by atoms with Crippen LogP contribution in [-0.4, -0.2) is 47.7 Å². The Balaban J connectivity index is 1.28. The van der Waals surface area contributed by atoms with Gasteiger partial charge in [0, 0.05) is 49.1 Å². The van der Waals surface area contributed by atoms with E-state index >= 15 is 0 Å². The lowest BCUT2D eigenvalue weighted by molar-refractivity contribution is -0.137. The number of pyridine rings is 1. The first kappa shape index (κ1) is 29.3. The molecule has 0 saturated carbocycles. The number of carbonyl (C=O) groups excluding carboxylic acids is 1. The summed E-state index contributed by atoms with van der Waals surface area (Å²) in [4.78, 5) is 35.0. The molecule has 8 nitrogen and oxygen atoms in total. The summed E-state index contributed by atoms with van der Waals surface area (Å²) in [6.07, 6.45) is -0.498. The molecule has 0 spiro atoms. The maximum atomic E-state index is 13.8. The van der Waals surface area contributed by atoms with E-state index in [9.17, 15) is 31.5 Å². The third-order valence-corrected chi connectivity index (χ3v) is 8.04. The number of likely N-dealkylation sites (tertiary alicyclic amines) is 1. The van der Waals surface area contributed by atoms with Gasteiger partial charge in [-0.05, 0) is 74.4 Å². The summed E-state index contributed by atoms with van der Waals surface area (Å²) in [6.45, 7) is 2.95. The van der Waals surface area contributed by atoms with Crippen LogP contribution in [0.25, 0.3) is 28.0 Å². The van der Waals surface area contributed by atoms with Crippen LogP contribution in [0.3, 0.4) is 0 Å². The molecule has 2 aromatic carbocycles. The normalized spacial score (nSPS) is 17.8. The van der Waals surface area contributed by atoms with Crippen LogP contribution in [0.5, 0.6) is 0 Å². The fourth-order valence-electron chi connectivity index (χ4n) is 5.80. The molecule has 1 aliphatic rings. The first-order valence-corrected chi connectivity index (χ1v) is 13.9. The van der Waals surface area contributed by atoms with Gasteiger partial charge < -0.3 is 9.88 Å². The zero-order valence-corrected chi connectivity index (χ0v) is 23.6. The van der Waals surface area contributed by atoms with Crippen molar-refractivity contribution in [3.63, 3.8) is 0 Å². The lowest BCUT2D eigenvalue weighted by Crippen LogP contribution is -2.46. The number of benzene rings is 2. The SMILES string of the molecule is C[C@@H]1C[C@@H](n2c(=O)[nH]c3cc(C(C)(F)F)ccc32)CCN1C(=O)c1cc(-c2ccncc2)n(-c2ccc(C(F)(F)F)cc2)n1. The highest BCUT2D eigenvalue weighted by Crippen LogP contribution is 2.34. The van der Waals surface area contributed by atoms with E-state index in [4.69, 9.17) is 0 Å². The minimum absolute atomic E-state index is 0.110. The second-order valence-corrected chi connectivity index (χ2v) is 11.1. The van der Waals surface area contributed by atoms with Crippen LogP contribution in [0, 0.1) is 0 Å². The van der Waals surface area contributed by atoms with E-state index in [1.165, 1.54) is 35.0 Å². The maximum absolute atomic E-state index is 13.8. The first-order chi connectivity index (χ1) is 20.8. The fraction of sp³-hybridized carbons (Fsp3) is 0.290. The summed E-state index contributed by atoms with van der Waals surface area (Å²) in [5, 5.41) is 4.51. The van der Waals surface area contributed by atoms with E-state index in [0.717, 1.165) is 19.1 Å². The van der Waals surface area contributed by atoms with Crippen LogP contribution < -0.4 is 5.69 Å². The number of rotatable bonds is 5. The van der Waals surface area contributed by atoms with Crippen LogP contribution >= 0.6 is 0 Å². The molecule has 0 radical (unpaired) electrons. The number of H-pyrrole nitrogens is 1. The van der Waals surface area contributed by atoms with Crippen LogP contribution in [0.15, 0.2) is 77.9 Å². The number of hydrogen-bond acceptors (Lipinski definition) is 4. The number of fused-ring (bicyclic) bond motifs is 1. The molecule has 1 amide bonds. The highest BCUT2D eigenvalue weighted by molar-refractivity contribution is 5.94. The van der Waals surface area contributed by atoms with Gasteiger partial charge in [0.15, 0.2) is 5.69 Å². The Hall–Kier alpha value is -4.81. The molecule has 3 aromatic heterocycles. The average molecular weight is 611 g/mol. The van der Waals surface area contributed by atoms with Crippen molar-refractivity contribution in [1.82, 2.24) is 29.2 Å². The second-order valence-electron chi connectivity index (χ2n) is 11.1. The number of amides is 1. The quantitative estimate of drug-likeness (QED) is 0.228. The summed E-state index contributed by atoms with van der Waals surface area (Å²) >= 11 is 0. The van der Waals surface area contributed by atoms with E-state index in [2.05, 4.69) is 15.1 Å². The van der Waals surface area contributed by atoms with Crippen molar-refractivity contribution in [2.75, 3.05) is 6.54 Å². The Morgan fingerprint density at radius 1 is 0.955 bits per heavy atom. The van der Waals surface area contributed by atoms with Gasteiger partial charge in [0.05, 0.1) is 28.0 Å². The average Bonchev–Trinajstić information content (AvgIpc) is 3.57. The van der Waals surface area contributed by atoms with Gasteiger partial charge in [0.2, 0.25) is 0 Å². The number of nitrogens with one attached hydrogen (secondary N) is 1. The highest BCUT2D eigenvalue weighted by atomic mass is 19.4. The minimum Gasteiger partial charge on any atom is -0.334 e. The molecule has 1 aliphatic heterocycles. The number of imidazole rings is 1. The predicted molar refractivity (Wildman–Crippen MR) is 153 cm³/mol. The van der Waals surface area contributed by atoms with Crippen molar-refractivity contribution in [2.24, 2.45) is 0 Å². The molecule has 44 heavy (non-hydrogen) atoms. The Morgan fingerprint density at radius 3 is 2.27 bits per heavy atom. The van der Waals surface area contributed by atoms with E-state index in [1.54, 1.807) is 40.1 Å². The third kappa shape index (κ3) is 5.38. The van der Waals surface area contributed by atoms with E-state index in [-0.39, 0.29) is 29.2 Å². The van der Waals surface area contributed by atoms with Gasteiger partial charge in [-0.3, -0.25) is 14.3 Å². The number of piperidine rings is 1. The van der Waals surface area contributed by atoms with Crippen LogP contribution in [0.1, 0.15) is 54.3 Å². The van der Waals surface area contributed by atoms with Gasteiger partial charge in [-0.15, -0.1) is 0 Å². The molecule has 2 atom stereocenters. The molecule has 5 aromatic rings. The number of hydrogen-bond donors (Lipinski definition) is 1. The highest BCUT2D eigenvalue weighted by Gasteiger charge is 2.34. The van der Waals surface area contributed by atoms with Crippen molar-refractivity contribution >= 4 is 16.9 Å². The zero-order valence-electron chi connectivity index (χ0n) is 23.6. The molecule has 6 rings (SSSR count). The number of alkyl halides is 5. The second kappa shape index (κ2) is 10.7. The molecule has 4 heterocycles. The summed E-state index contributed by atoms with van der Waals surface area (Å²) < 4.78 is 70.2. The molecule has 1 N–H and O–H groups in total. The number of aromatic nitrogens is 5. The topological polar surface area (TPSA) is 88.8 Å². The molecule has 1 fully saturated rings. The Bertz CT molecular complexity index is 1890. The molecule has 1 saturated heterocycles. The van der Waals surface area contributed by atoms with Crippen LogP contribution in [0.4, 0.5) is 22.0 Å². The van der Waals surface area contributed by atoms with E-state index < -0.39 is 23.4 Å². The third-order valence-electron chi connectivity index (χ3n) is 8.04. The standard InChI is InChI=1S/C31H27F5N6O2/c1-18-15-23(41-26-8-5-21(30(2,32)33)16-24(26)38-29(41)44)11-14-40(18)28(43)25-17-27(19-9-12-37-13-10-19)42(39-25)22-6-3-20(4-7-22)31(34,35)36/h3-10,12-13,16-18,23H,11,14-15H2,1-2H3,(H,38,44)/t18-,23+/m1/s1. The lowest BCUT2D eigenvalue weighted by Gasteiger charge is -2.37. The molecule has 0 aliphatic carbocycles.